The van der Waals surface area contributed by atoms with Crippen LogP contribution < -0.4 is 5.32 Å². The van der Waals surface area contributed by atoms with Gasteiger partial charge in [-0.1, -0.05) is 12.7 Å². The standard InChI is InChI=1S/C21H23N5O/c1-13(5-8-22)26-10-7-16(11-14(26)2)18-12-19(25-21(27)15-3-4-15)24-20-17(18)6-9-23-20/h6,9,11-12,14-15H,1,3-5,7,10H2,2H3,(H2,23,24,25,27)/t14-/m1/s1. The summed E-state index contributed by atoms with van der Waals surface area (Å²) in [5.41, 5.74) is 3.98. The Morgan fingerprint density at radius 2 is 2.33 bits per heavy atom. The van der Waals surface area contributed by atoms with Crippen LogP contribution in [0.2, 0.25) is 0 Å². The number of nitrogens with one attached hydrogen (secondary N) is 2. The van der Waals surface area contributed by atoms with Crippen molar-refractivity contribution in [2.75, 3.05) is 11.9 Å². The average Bonchev–Trinajstić information content (AvgIpc) is 3.39. The van der Waals surface area contributed by atoms with Crippen LogP contribution in [0.25, 0.3) is 16.6 Å². The Bertz CT molecular complexity index is 976. The van der Waals surface area contributed by atoms with E-state index in [-0.39, 0.29) is 17.9 Å². The third-order valence-electron chi connectivity index (χ3n) is 5.32. The lowest BCUT2D eigenvalue weighted by atomic mass is 9.94. The van der Waals surface area contributed by atoms with Crippen molar-refractivity contribution in [2.24, 2.45) is 5.92 Å². The molecular weight excluding hydrogens is 338 g/mol. The number of carbonyl (C=O) groups is 1. The minimum Gasteiger partial charge on any atom is -0.368 e. The number of aromatic amines is 1. The maximum atomic E-state index is 12.1. The molecule has 3 heterocycles. The van der Waals surface area contributed by atoms with Gasteiger partial charge in [0.15, 0.2) is 0 Å². The van der Waals surface area contributed by atoms with Crippen molar-refractivity contribution < 1.29 is 4.79 Å². The third kappa shape index (κ3) is 3.45. The molecule has 1 amide bonds. The zero-order chi connectivity index (χ0) is 19.0. The zero-order valence-corrected chi connectivity index (χ0v) is 15.5. The molecule has 0 saturated heterocycles. The summed E-state index contributed by atoms with van der Waals surface area (Å²) in [5.74, 6) is 0.800. The highest BCUT2D eigenvalue weighted by Gasteiger charge is 2.30. The van der Waals surface area contributed by atoms with Crippen LogP contribution in [0.1, 0.15) is 38.2 Å². The molecular formula is C21H23N5O. The third-order valence-corrected chi connectivity index (χ3v) is 5.32. The van der Waals surface area contributed by atoms with Crippen LogP contribution >= 0.6 is 0 Å². The summed E-state index contributed by atoms with van der Waals surface area (Å²) < 4.78 is 0. The number of H-pyrrole nitrogens is 1. The molecule has 1 saturated carbocycles. The van der Waals surface area contributed by atoms with Gasteiger partial charge in [0.05, 0.1) is 12.5 Å². The monoisotopic (exact) mass is 361 g/mol. The van der Waals surface area contributed by atoms with Crippen molar-refractivity contribution >= 4 is 28.3 Å². The molecule has 138 valence electrons. The molecule has 1 atom stereocenters. The van der Waals surface area contributed by atoms with Crippen molar-refractivity contribution in [1.29, 1.82) is 5.26 Å². The largest absolute Gasteiger partial charge is 0.368 e. The van der Waals surface area contributed by atoms with Gasteiger partial charge in [-0.2, -0.15) is 5.26 Å². The number of anilines is 1. The van der Waals surface area contributed by atoms with Gasteiger partial charge in [0.2, 0.25) is 5.91 Å². The van der Waals surface area contributed by atoms with Crippen LogP contribution in [0, 0.1) is 17.2 Å². The van der Waals surface area contributed by atoms with Gasteiger partial charge in [0.25, 0.3) is 0 Å². The molecule has 2 aromatic heterocycles. The fourth-order valence-corrected chi connectivity index (χ4v) is 3.71. The highest BCUT2D eigenvalue weighted by molar-refractivity contribution is 5.97. The van der Waals surface area contributed by atoms with Crippen LogP contribution in [0.15, 0.2) is 36.7 Å². The van der Waals surface area contributed by atoms with Crippen LogP contribution in [-0.2, 0) is 4.79 Å². The molecule has 4 rings (SSSR count). The highest BCUT2D eigenvalue weighted by atomic mass is 16.2. The normalized spacial score (nSPS) is 19.5. The van der Waals surface area contributed by atoms with Gasteiger partial charge in [-0.3, -0.25) is 4.79 Å². The topological polar surface area (TPSA) is 84.8 Å². The SMILES string of the molecule is C=C(CC#N)N1CCC(c2cc(NC(=O)C3CC3)nc3[nH]ccc23)=C[C@H]1C. The first-order valence-corrected chi connectivity index (χ1v) is 9.38. The van der Waals surface area contributed by atoms with Crippen LogP contribution in [0.4, 0.5) is 5.82 Å². The number of hydrogen-bond acceptors (Lipinski definition) is 4. The van der Waals surface area contributed by atoms with Gasteiger partial charge >= 0.3 is 0 Å². The number of allylic oxidation sites excluding steroid dienone is 1. The van der Waals surface area contributed by atoms with Crippen LogP contribution in [0.3, 0.4) is 0 Å². The number of amides is 1. The summed E-state index contributed by atoms with van der Waals surface area (Å²) >= 11 is 0. The van der Waals surface area contributed by atoms with Crippen molar-refractivity contribution in [1.82, 2.24) is 14.9 Å². The molecule has 0 radical (unpaired) electrons. The lowest BCUT2D eigenvalue weighted by molar-refractivity contribution is -0.117. The molecule has 27 heavy (non-hydrogen) atoms. The predicted octanol–water partition coefficient (Wildman–Crippen LogP) is 3.82. The van der Waals surface area contributed by atoms with Crippen molar-refractivity contribution in [2.45, 2.75) is 38.6 Å². The Hall–Kier alpha value is -3.07. The van der Waals surface area contributed by atoms with E-state index in [2.05, 4.69) is 45.8 Å². The second-order valence-electron chi connectivity index (χ2n) is 7.34. The molecule has 0 bridgehead atoms. The Kier molecular flexibility index (Phi) is 4.44. The molecule has 6 heteroatoms. The molecule has 1 aliphatic heterocycles. The van der Waals surface area contributed by atoms with E-state index in [9.17, 15) is 4.79 Å². The Morgan fingerprint density at radius 3 is 3.04 bits per heavy atom. The average molecular weight is 361 g/mol. The summed E-state index contributed by atoms with van der Waals surface area (Å²) in [6.45, 7) is 6.98. The summed E-state index contributed by atoms with van der Waals surface area (Å²) in [6.07, 6.45) is 7.24. The van der Waals surface area contributed by atoms with E-state index in [1.165, 1.54) is 5.57 Å². The lowest BCUT2D eigenvalue weighted by Gasteiger charge is -2.35. The molecule has 2 aliphatic rings. The van der Waals surface area contributed by atoms with Gasteiger partial charge < -0.3 is 15.2 Å². The highest BCUT2D eigenvalue weighted by Crippen LogP contribution is 2.34. The Labute approximate surface area is 158 Å². The zero-order valence-electron chi connectivity index (χ0n) is 15.5. The summed E-state index contributed by atoms with van der Waals surface area (Å²) in [6, 6.07) is 6.35. The number of rotatable bonds is 5. The second kappa shape index (κ2) is 6.92. The van der Waals surface area contributed by atoms with E-state index in [1.54, 1.807) is 0 Å². The first-order chi connectivity index (χ1) is 13.1. The Morgan fingerprint density at radius 1 is 1.52 bits per heavy atom. The van der Waals surface area contributed by atoms with Gasteiger partial charge in [-0.25, -0.2) is 4.98 Å². The van der Waals surface area contributed by atoms with E-state index in [4.69, 9.17) is 5.26 Å². The van der Waals surface area contributed by atoms with E-state index in [0.29, 0.717) is 12.2 Å². The van der Waals surface area contributed by atoms with E-state index < -0.39 is 0 Å². The van der Waals surface area contributed by atoms with E-state index in [1.807, 2.05) is 18.3 Å². The number of nitrogens with zero attached hydrogens (tertiary/aromatic N) is 3. The van der Waals surface area contributed by atoms with Gasteiger partial charge in [0, 0.05) is 35.8 Å². The molecule has 0 spiro atoms. The van der Waals surface area contributed by atoms with E-state index in [0.717, 1.165) is 48.1 Å². The fourth-order valence-electron chi connectivity index (χ4n) is 3.71. The van der Waals surface area contributed by atoms with Crippen LogP contribution in [0.5, 0.6) is 0 Å². The van der Waals surface area contributed by atoms with E-state index >= 15 is 0 Å². The number of nitriles is 1. The fraction of sp³-hybridized carbons (Fsp3) is 0.381. The first kappa shape index (κ1) is 17.3. The molecule has 2 aromatic rings. The number of fused-ring (bicyclic) bond motifs is 1. The van der Waals surface area contributed by atoms with Gasteiger partial charge in [-0.05, 0) is 49.5 Å². The summed E-state index contributed by atoms with van der Waals surface area (Å²) in [7, 11) is 0. The van der Waals surface area contributed by atoms with Crippen molar-refractivity contribution in [3.8, 4) is 6.07 Å². The minimum atomic E-state index is 0.0596. The summed E-state index contributed by atoms with van der Waals surface area (Å²) in [4.78, 5) is 22.0. The molecule has 2 N–H and O–H groups in total. The molecule has 1 fully saturated rings. The lowest BCUT2D eigenvalue weighted by Crippen LogP contribution is -2.34. The predicted molar refractivity (Wildman–Crippen MR) is 106 cm³/mol. The Balaban J connectivity index is 1.65. The van der Waals surface area contributed by atoms with Gasteiger partial charge in [-0.15, -0.1) is 0 Å². The molecule has 0 aromatic carbocycles. The number of pyridine rings is 1. The van der Waals surface area contributed by atoms with Gasteiger partial charge in [0.1, 0.15) is 11.5 Å². The maximum Gasteiger partial charge on any atom is 0.228 e. The maximum absolute atomic E-state index is 12.1. The molecule has 6 nitrogen and oxygen atoms in total. The summed E-state index contributed by atoms with van der Waals surface area (Å²) in [5, 5.41) is 12.9. The van der Waals surface area contributed by atoms with Crippen LogP contribution in [-0.4, -0.2) is 33.4 Å². The number of hydrogen-bond donors (Lipinski definition) is 2. The van der Waals surface area contributed by atoms with Crippen molar-refractivity contribution in [3.05, 3.63) is 42.2 Å². The number of aromatic nitrogens is 2. The number of carbonyl (C=O) groups excluding carboxylic acids is 1. The molecule has 1 aliphatic carbocycles. The second-order valence-corrected chi connectivity index (χ2v) is 7.34. The van der Waals surface area contributed by atoms with Crippen molar-refractivity contribution in [3.63, 3.8) is 0 Å². The first-order valence-electron chi connectivity index (χ1n) is 9.38. The molecule has 0 unspecified atom stereocenters. The minimum absolute atomic E-state index is 0.0596. The smallest absolute Gasteiger partial charge is 0.228 e. The quantitative estimate of drug-likeness (QED) is 0.848.